The Hall–Kier alpha value is -1.95. The van der Waals surface area contributed by atoms with Crippen molar-refractivity contribution in [1.29, 1.82) is 0 Å². The molecule has 0 radical (unpaired) electrons. The number of aryl methyl sites for hydroxylation is 1. The molecule has 0 aliphatic heterocycles. The highest BCUT2D eigenvalue weighted by Gasteiger charge is 2.12. The summed E-state index contributed by atoms with van der Waals surface area (Å²) in [5.74, 6) is 0.742. The minimum Gasteiger partial charge on any atom is -0.483 e. The van der Waals surface area contributed by atoms with Crippen LogP contribution in [0.2, 0.25) is 0 Å². The molecule has 0 spiro atoms. The second kappa shape index (κ2) is 5.14. The summed E-state index contributed by atoms with van der Waals surface area (Å²) < 4.78 is 23.6. The summed E-state index contributed by atoms with van der Waals surface area (Å²) in [6.07, 6.45) is -0.819. The highest BCUT2D eigenvalue weighted by atomic mass is 19.1. The van der Waals surface area contributed by atoms with Crippen molar-refractivity contribution in [3.8, 4) is 5.75 Å². The van der Waals surface area contributed by atoms with Crippen LogP contribution < -0.4 is 4.74 Å². The number of hydrogen-bond donors (Lipinski definition) is 1. The van der Waals surface area contributed by atoms with Gasteiger partial charge in [-0.15, -0.1) is 10.2 Å². The summed E-state index contributed by atoms with van der Waals surface area (Å²) in [6, 6.07) is 3.96. The fourth-order valence-corrected chi connectivity index (χ4v) is 1.51. The Labute approximate surface area is 103 Å². The lowest BCUT2D eigenvalue weighted by Crippen LogP contribution is -2.02. The van der Waals surface area contributed by atoms with Gasteiger partial charge in [0, 0.05) is 12.5 Å². The monoisotopic (exact) mass is 252 g/mol. The first-order valence-corrected chi connectivity index (χ1v) is 5.45. The fourth-order valence-electron chi connectivity index (χ4n) is 1.51. The number of aromatic nitrogens is 2. The molecule has 1 aromatic heterocycles. The molecule has 0 saturated heterocycles. The molecule has 96 valence electrons. The van der Waals surface area contributed by atoms with Crippen LogP contribution >= 0.6 is 0 Å². The van der Waals surface area contributed by atoms with Crippen molar-refractivity contribution in [3.63, 3.8) is 0 Å². The number of halogens is 1. The third-order valence-electron chi connectivity index (χ3n) is 2.34. The van der Waals surface area contributed by atoms with Gasteiger partial charge in [-0.25, -0.2) is 4.39 Å². The lowest BCUT2D eigenvalue weighted by molar-refractivity contribution is 0.186. The van der Waals surface area contributed by atoms with E-state index in [1.165, 1.54) is 18.2 Å². The van der Waals surface area contributed by atoms with E-state index in [0.717, 1.165) is 0 Å². The van der Waals surface area contributed by atoms with Crippen molar-refractivity contribution in [1.82, 2.24) is 10.2 Å². The second-order valence-corrected chi connectivity index (χ2v) is 3.86. The first kappa shape index (κ1) is 12.5. The molecule has 0 aliphatic carbocycles. The highest BCUT2D eigenvalue weighted by Crippen LogP contribution is 2.26. The zero-order valence-corrected chi connectivity index (χ0v) is 10.1. The molecule has 0 unspecified atom stereocenters. The topological polar surface area (TPSA) is 68.4 Å². The number of rotatable bonds is 4. The largest absolute Gasteiger partial charge is 0.483 e. The summed E-state index contributed by atoms with van der Waals surface area (Å²) in [4.78, 5) is 0. The van der Waals surface area contributed by atoms with Gasteiger partial charge in [-0.3, -0.25) is 0 Å². The molecule has 0 saturated carbocycles. The summed E-state index contributed by atoms with van der Waals surface area (Å²) in [6.45, 7) is 3.29. The molecule has 6 heteroatoms. The van der Waals surface area contributed by atoms with Crippen LogP contribution in [0.15, 0.2) is 22.6 Å². The number of hydrogen-bond acceptors (Lipinski definition) is 5. The molecule has 18 heavy (non-hydrogen) atoms. The van der Waals surface area contributed by atoms with Crippen molar-refractivity contribution in [3.05, 3.63) is 41.4 Å². The van der Waals surface area contributed by atoms with Gasteiger partial charge in [-0.1, -0.05) is 0 Å². The standard InChI is InChI=1S/C12H13FN2O3/c1-7(16)10-5-9(13)3-4-11(10)17-6-12-15-14-8(2)18-12/h3-5,7,16H,6H2,1-2H3/t7-/m0/s1. The molecule has 0 fully saturated rings. The maximum Gasteiger partial charge on any atom is 0.253 e. The Morgan fingerprint density at radius 3 is 2.83 bits per heavy atom. The van der Waals surface area contributed by atoms with Crippen LogP contribution in [0, 0.1) is 12.7 Å². The Kier molecular flexibility index (Phi) is 3.57. The van der Waals surface area contributed by atoms with Crippen LogP contribution in [0.25, 0.3) is 0 Å². The lowest BCUT2D eigenvalue weighted by Gasteiger charge is -2.12. The van der Waals surface area contributed by atoms with Gasteiger partial charge >= 0.3 is 0 Å². The van der Waals surface area contributed by atoms with E-state index in [4.69, 9.17) is 9.15 Å². The van der Waals surface area contributed by atoms with E-state index in [0.29, 0.717) is 23.1 Å². The van der Waals surface area contributed by atoms with Gasteiger partial charge in [0.25, 0.3) is 5.89 Å². The molecule has 2 rings (SSSR count). The van der Waals surface area contributed by atoms with Gasteiger partial charge in [-0.05, 0) is 25.1 Å². The predicted octanol–water partition coefficient (Wildman–Crippen LogP) is 2.15. The SMILES string of the molecule is Cc1nnc(COc2ccc(F)cc2[C@H](C)O)o1. The molecule has 1 atom stereocenters. The molecule has 0 bridgehead atoms. The van der Waals surface area contributed by atoms with Crippen LogP contribution in [-0.2, 0) is 6.61 Å². The average molecular weight is 252 g/mol. The van der Waals surface area contributed by atoms with Gasteiger partial charge < -0.3 is 14.3 Å². The van der Waals surface area contributed by atoms with Gasteiger partial charge in [0.15, 0.2) is 6.61 Å². The quantitative estimate of drug-likeness (QED) is 0.902. The lowest BCUT2D eigenvalue weighted by atomic mass is 10.1. The van der Waals surface area contributed by atoms with E-state index in [1.807, 2.05) is 0 Å². The molecule has 1 N–H and O–H groups in total. The third-order valence-corrected chi connectivity index (χ3v) is 2.34. The Bertz CT molecular complexity index is 540. The van der Waals surface area contributed by atoms with Gasteiger partial charge in [0.05, 0.1) is 6.10 Å². The molecule has 1 heterocycles. The maximum atomic E-state index is 13.1. The number of nitrogens with zero attached hydrogens (tertiary/aromatic N) is 2. The number of aliphatic hydroxyl groups is 1. The van der Waals surface area contributed by atoms with Gasteiger partial charge in [0.1, 0.15) is 11.6 Å². The first-order chi connectivity index (χ1) is 8.56. The number of ether oxygens (including phenoxy) is 1. The zero-order valence-electron chi connectivity index (χ0n) is 10.1. The fraction of sp³-hybridized carbons (Fsp3) is 0.333. The van der Waals surface area contributed by atoms with Gasteiger partial charge in [-0.2, -0.15) is 0 Å². The molecule has 2 aromatic rings. The van der Waals surface area contributed by atoms with Crippen LogP contribution in [0.1, 0.15) is 30.4 Å². The van der Waals surface area contributed by atoms with Crippen molar-refractivity contribution < 1.29 is 18.7 Å². The van der Waals surface area contributed by atoms with E-state index in [-0.39, 0.29) is 6.61 Å². The minimum absolute atomic E-state index is 0.0756. The molecular formula is C12H13FN2O3. The predicted molar refractivity (Wildman–Crippen MR) is 60.4 cm³/mol. The average Bonchev–Trinajstić information content (AvgIpc) is 2.73. The second-order valence-electron chi connectivity index (χ2n) is 3.86. The zero-order chi connectivity index (χ0) is 13.1. The van der Waals surface area contributed by atoms with E-state index < -0.39 is 11.9 Å². The summed E-state index contributed by atoms with van der Waals surface area (Å²) in [7, 11) is 0. The summed E-state index contributed by atoms with van der Waals surface area (Å²) >= 11 is 0. The smallest absolute Gasteiger partial charge is 0.253 e. The summed E-state index contributed by atoms with van der Waals surface area (Å²) in [5.41, 5.74) is 0.381. The number of benzene rings is 1. The van der Waals surface area contributed by atoms with Crippen LogP contribution in [0.3, 0.4) is 0 Å². The van der Waals surface area contributed by atoms with E-state index >= 15 is 0 Å². The molecule has 5 nitrogen and oxygen atoms in total. The third kappa shape index (κ3) is 2.84. The highest BCUT2D eigenvalue weighted by molar-refractivity contribution is 5.35. The molecular weight excluding hydrogens is 239 g/mol. The van der Waals surface area contributed by atoms with Crippen molar-refractivity contribution in [2.45, 2.75) is 26.6 Å². The molecule has 0 amide bonds. The van der Waals surface area contributed by atoms with Crippen LogP contribution in [0.4, 0.5) is 4.39 Å². The normalized spacial score (nSPS) is 12.4. The van der Waals surface area contributed by atoms with Crippen molar-refractivity contribution >= 4 is 0 Å². The molecule has 1 aromatic carbocycles. The van der Waals surface area contributed by atoms with Gasteiger partial charge in [0.2, 0.25) is 5.89 Å². The molecule has 0 aliphatic rings. The van der Waals surface area contributed by atoms with E-state index in [2.05, 4.69) is 10.2 Å². The minimum atomic E-state index is -0.819. The Balaban J connectivity index is 2.13. The Morgan fingerprint density at radius 1 is 1.44 bits per heavy atom. The first-order valence-electron chi connectivity index (χ1n) is 5.45. The van der Waals surface area contributed by atoms with Crippen molar-refractivity contribution in [2.75, 3.05) is 0 Å². The summed E-state index contributed by atoms with van der Waals surface area (Å²) in [5, 5.41) is 17.0. The number of aliphatic hydroxyl groups excluding tert-OH is 1. The van der Waals surface area contributed by atoms with Crippen LogP contribution in [0.5, 0.6) is 5.75 Å². The van der Waals surface area contributed by atoms with E-state index in [9.17, 15) is 9.50 Å². The van der Waals surface area contributed by atoms with E-state index in [1.54, 1.807) is 13.8 Å². The Morgan fingerprint density at radius 2 is 2.22 bits per heavy atom. The van der Waals surface area contributed by atoms with Crippen LogP contribution in [-0.4, -0.2) is 15.3 Å². The van der Waals surface area contributed by atoms with Crippen molar-refractivity contribution in [2.24, 2.45) is 0 Å². The maximum absolute atomic E-state index is 13.1.